The second-order valence-electron chi connectivity index (χ2n) is 3.79. The smallest absolute Gasteiger partial charge is 0.246 e. The molecule has 0 N–H and O–H groups in total. The van der Waals surface area contributed by atoms with Gasteiger partial charge in [-0.05, 0) is 25.0 Å². The van der Waals surface area contributed by atoms with Crippen molar-refractivity contribution in [3.63, 3.8) is 0 Å². The third-order valence-corrected chi connectivity index (χ3v) is 2.88. The third-order valence-electron chi connectivity index (χ3n) is 2.88. The van der Waals surface area contributed by atoms with Gasteiger partial charge >= 0.3 is 0 Å². The molecule has 0 aromatic carbocycles. The molecule has 0 radical (unpaired) electrons. The van der Waals surface area contributed by atoms with Crippen LogP contribution in [0, 0.1) is 17.2 Å². The second kappa shape index (κ2) is 3.58. The Labute approximate surface area is 86.6 Å². The van der Waals surface area contributed by atoms with Crippen molar-refractivity contribution in [2.75, 3.05) is 0 Å². The topological polar surface area (TPSA) is 36.7 Å². The van der Waals surface area contributed by atoms with E-state index in [1.54, 1.807) is 6.07 Å². The Kier molecular flexibility index (Phi) is 2.39. The number of halogens is 2. The Morgan fingerprint density at radius 2 is 2.20 bits per heavy atom. The van der Waals surface area contributed by atoms with Crippen LogP contribution in [0.25, 0.3) is 0 Å². The lowest BCUT2D eigenvalue weighted by molar-refractivity contribution is -0.0943. The molecule has 1 fully saturated rings. The highest BCUT2D eigenvalue weighted by atomic mass is 19.3. The van der Waals surface area contributed by atoms with E-state index in [9.17, 15) is 8.78 Å². The van der Waals surface area contributed by atoms with Crippen LogP contribution in [0.3, 0.4) is 0 Å². The van der Waals surface area contributed by atoms with Gasteiger partial charge in [0.25, 0.3) is 5.92 Å². The van der Waals surface area contributed by atoms with Gasteiger partial charge in [-0.25, -0.2) is 13.8 Å². The summed E-state index contributed by atoms with van der Waals surface area (Å²) in [5.41, 5.74) is -0.0368. The molecule has 0 saturated heterocycles. The maximum atomic E-state index is 13.8. The zero-order valence-electron chi connectivity index (χ0n) is 8.08. The molecule has 1 aromatic rings. The molecule has 0 atom stereocenters. The van der Waals surface area contributed by atoms with Gasteiger partial charge in [-0.15, -0.1) is 0 Å². The Bertz CT molecular complexity index is 405. The van der Waals surface area contributed by atoms with Crippen molar-refractivity contribution in [3.05, 3.63) is 29.6 Å². The molecule has 1 aliphatic rings. The predicted molar refractivity (Wildman–Crippen MR) is 50.2 cm³/mol. The van der Waals surface area contributed by atoms with E-state index in [0.29, 0.717) is 12.8 Å². The van der Waals surface area contributed by atoms with Crippen LogP contribution in [-0.4, -0.2) is 4.98 Å². The highest BCUT2D eigenvalue weighted by molar-refractivity contribution is 5.29. The molecule has 4 heteroatoms. The lowest BCUT2D eigenvalue weighted by Crippen LogP contribution is -2.31. The van der Waals surface area contributed by atoms with Crippen LogP contribution >= 0.6 is 0 Å². The molecule has 15 heavy (non-hydrogen) atoms. The number of hydrogen-bond acceptors (Lipinski definition) is 2. The molecular weight excluding hydrogens is 198 g/mol. The molecule has 0 bridgehead atoms. The number of alkyl halides is 2. The summed E-state index contributed by atoms with van der Waals surface area (Å²) in [7, 11) is 0. The maximum absolute atomic E-state index is 13.8. The van der Waals surface area contributed by atoms with Gasteiger partial charge in [-0.3, -0.25) is 0 Å². The second-order valence-corrected chi connectivity index (χ2v) is 3.79. The number of rotatable bonds is 2. The van der Waals surface area contributed by atoms with Gasteiger partial charge in [0, 0.05) is 17.7 Å². The van der Waals surface area contributed by atoms with E-state index in [1.165, 1.54) is 18.3 Å². The lowest BCUT2D eigenvalue weighted by Gasteiger charge is -2.33. The summed E-state index contributed by atoms with van der Waals surface area (Å²) in [5.74, 6) is -3.38. The van der Waals surface area contributed by atoms with Crippen LogP contribution < -0.4 is 0 Å². The molecule has 1 heterocycles. The minimum atomic E-state index is -2.81. The SMILES string of the molecule is N#Cc1cc(C(F)(F)C2CCC2)ccn1. The van der Waals surface area contributed by atoms with Crippen LogP contribution in [-0.2, 0) is 5.92 Å². The molecule has 0 unspecified atom stereocenters. The largest absolute Gasteiger partial charge is 0.276 e. The fourth-order valence-electron chi connectivity index (χ4n) is 1.71. The molecule has 2 rings (SSSR count). The number of hydrogen-bond donors (Lipinski definition) is 0. The van der Waals surface area contributed by atoms with Crippen molar-refractivity contribution in [1.82, 2.24) is 4.98 Å². The van der Waals surface area contributed by atoms with Crippen LogP contribution in [0.15, 0.2) is 18.3 Å². The quantitative estimate of drug-likeness (QED) is 0.749. The number of nitrogens with zero attached hydrogens (tertiary/aromatic N) is 2. The minimum absolute atomic E-state index is 0.0477. The van der Waals surface area contributed by atoms with Gasteiger partial charge in [0.05, 0.1) is 0 Å². The van der Waals surface area contributed by atoms with Crippen molar-refractivity contribution in [3.8, 4) is 6.07 Å². The molecule has 2 nitrogen and oxygen atoms in total. The van der Waals surface area contributed by atoms with E-state index >= 15 is 0 Å². The van der Waals surface area contributed by atoms with Crippen molar-refractivity contribution < 1.29 is 8.78 Å². The summed E-state index contributed by atoms with van der Waals surface area (Å²) in [6, 6.07) is 4.24. The van der Waals surface area contributed by atoms with E-state index in [-0.39, 0.29) is 11.3 Å². The van der Waals surface area contributed by atoms with Gasteiger partial charge in [-0.2, -0.15) is 5.26 Å². The molecule has 78 valence electrons. The fourth-order valence-corrected chi connectivity index (χ4v) is 1.71. The summed E-state index contributed by atoms with van der Waals surface area (Å²) >= 11 is 0. The van der Waals surface area contributed by atoms with Crippen molar-refractivity contribution in [2.45, 2.75) is 25.2 Å². The highest BCUT2D eigenvalue weighted by Crippen LogP contribution is 2.46. The molecule has 0 spiro atoms. The lowest BCUT2D eigenvalue weighted by atomic mass is 9.78. The van der Waals surface area contributed by atoms with E-state index in [2.05, 4.69) is 4.98 Å². The number of nitriles is 1. The number of pyridine rings is 1. The van der Waals surface area contributed by atoms with Gasteiger partial charge in [0.2, 0.25) is 0 Å². The van der Waals surface area contributed by atoms with Crippen molar-refractivity contribution >= 4 is 0 Å². The predicted octanol–water partition coefficient (Wildman–Crippen LogP) is 2.85. The first kappa shape index (κ1) is 10.0. The standard InChI is InChI=1S/C11H10F2N2/c12-11(13,8-2-1-3-8)9-4-5-15-10(6-9)7-14/h4-6,8H,1-3H2. The molecule has 0 amide bonds. The van der Waals surface area contributed by atoms with Crippen LogP contribution in [0.5, 0.6) is 0 Å². The van der Waals surface area contributed by atoms with Gasteiger partial charge in [0.15, 0.2) is 0 Å². The summed E-state index contributed by atoms with van der Waals surface area (Å²) in [6.45, 7) is 0. The molecule has 1 aliphatic carbocycles. The van der Waals surface area contributed by atoms with Crippen molar-refractivity contribution in [2.24, 2.45) is 5.92 Å². The van der Waals surface area contributed by atoms with Gasteiger partial charge < -0.3 is 0 Å². The maximum Gasteiger partial charge on any atom is 0.276 e. The Morgan fingerprint density at radius 1 is 1.47 bits per heavy atom. The molecule has 0 aliphatic heterocycles. The Morgan fingerprint density at radius 3 is 2.73 bits per heavy atom. The third kappa shape index (κ3) is 1.70. The average Bonchev–Trinajstić information content (AvgIpc) is 2.14. The van der Waals surface area contributed by atoms with E-state index in [0.717, 1.165) is 6.42 Å². The zero-order chi connectivity index (χ0) is 10.9. The van der Waals surface area contributed by atoms with E-state index in [1.807, 2.05) is 0 Å². The first-order valence-electron chi connectivity index (χ1n) is 4.89. The summed E-state index contributed by atoms with van der Waals surface area (Å²) in [6.07, 6.45) is 3.27. The highest BCUT2D eigenvalue weighted by Gasteiger charge is 2.44. The first-order chi connectivity index (χ1) is 7.14. The normalized spacial score (nSPS) is 16.9. The first-order valence-corrected chi connectivity index (χ1v) is 4.89. The summed E-state index contributed by atoms with van der Waals surface area (Å²) < 4.78 is 27.6. The van der Waals surface area contributed by atoms with Crippen LogP contribution in [0.4, 0.5) is 8.78 Å². The Balaban J connectivity index is 2.31. The monoisotopic (exact) mass is 208 g/mol. The van der Waals surface area contributed by atoms with Gasteiger partial charge in [0.1, 0.15) is 11.8 Å². The fraction of sp³-hybridized carbons (Fsp3) is 0.455. The van der Waals surface area contributed by atoms with Crippen LogP contribution in [0.2, 0.25) is 0 Å². The number of aromatic nitrogens is 1. The van der Waals surface area contributed by atoms with Crippen LogP contribution in [0.1, 0.15) is 30.5 Å². The molecular formula is C11H10F2N2. The van der Waals surface area contributed by atoms with Gasteiger partial charge in [-0.1, -0.05) is 6.42 Å². The van der Waals surface area contributed by atoms with Crippen molar-refractivity contribution in [1.29, 1.82) is 5.26 Å². The summed E-state index contributed by atoms with van der Waals surface area (Å²) in [4.78, 5) is 3.68. The van der Waals surface area contributed by atoms with E-state index in [4.69, 9.17) is 5.26 Å². The minimum Gasteiger partial charge on any atom is -0.246 e. The molecule has 1 saturated carbocycles. The Hall–Kier alpha value is -1.50. The van der Waals surface area contributed by atoms with E-state index < -0.39 is 11.8 Å². The average molecular weight is 208 g/mol. The molecule has 1 aromatic heterocycles. The zero-order valence-corrected chi connectivity index (χ0v) is 8.08. The summed E-state index contributed by atoms with van der Waals surface area (Å²) in [5, 5.41) is 8.58.